The van der Waals surface area contributed by atoms with Crippen LogP contribution in [0.25, 0.3) is 16.6 Å². The van der Waals surface area contributed by atoms with Crippen molar-refractivity contribution in [3.05, 3.63) is 27.0 Å². The van der Waals surface area contributed by atoms with Crippen molar-refractivity contribution in [2.75, 3.05) is 49.6 Å². The van der Waals surface area contributed by atoms with Gasteiger partial charge < -0.3 is 31.3 Å². The van der Waals surface area contributed by atoms with E-state index in [-0.39, 0.29) is 23.7 Å². The number of aromatic nitrogens is 3. The zero-order chi connectivity index (χ0) is 25.2. The molecule has 4 aliphatic rings. The van der Waals surface area contributed by atoms with Gasteiger partial charge in [0.1, 0.15) is 16.4 Å². The van der Waals surface area contributed by atoms with Gasteiger partial charge >= 0.3 is 0 Å². The fourth-order valence-corrected chi connectivity index (χ4v) is 6.97. The Morgan fingerprint density at radius 3 is 2.81 bits per heavy atom. The summed E-state index contributed by atoms with van der Waals surface area (Å²) in [7, 11) is 0. The van der Waals surface area contributed by atoms with Crippen LogP contribution in [0.5, 0.6) is 0 Å². The van der Waals surface area contributed by atoms with E-state index in [0.29, 0.717) is 54.7 Å². The average Bonchev–Trinajstić information content (AvgIpc) is 3.35. The monoisotopic (exact) mass is 526 g/mol. The second kappa shape index (κ2) is 11.2. The number of rotatable bonds is 6. The van der Waals surface area contributed by atoms with Gasteiger partial charge in [-0.05, 0) is 44.7 Å². The lowest BCUT2D eigenvalue weighted by molar-refractivity contribution is 0.122. The third-order valence-electron chi connectivity index (χ3n) is 7.96. The van der Waals surface area contributed by atoms with Crippen LogP contribution in [0.1, 0.15) is 61.6 Å². The fourth-order valence-electron chi connectivity index (χ4n) is 5.87. The van der Waals surface area contributed by atoms with E-state index in [1.807, 2.05) is 0 Å². The molecule has 2 saturated heterocycles. The Hall–Kier alpha value is -2.31. The summed E-state index contributed by atoms with van der Waals surface area (Å²) >= 11 is 1.57. The topological polar surface area (TPSA) is 133 Å². The van der Waals surface area contributed by atoms with E-state index in [4.69, 9.17) is 20.4 Å². The Morgan fingerprint density at radius 1 is 1.14 bits per heavy atom. The number of piperidine rings is 1. The molecule has 3 fully saturated rings. The van der Waals surface area contributed by atoms with Crippen LogP contribution in [0.3, 0.4) is 0 Å². The van der Waals surface area contributed by atoms with E-state index >= 15 is 0 Å². The largest absolute Gasteiger partial charge is 0.378 e. The molecule has 0 radical (unpaired) electrons. The van der Waals surface area contributed by atoms with Crippen molar-refractivity contribution in [1.82, 2.24) is 25.6 Å². The highest BCUT2D eigenvalue weighted by atomic mass is 32.1. The number of ether oxygens (including phenoxy) is 1. The van der Waals surface area contributed by atoms with Crippen molar-refractivity contribution in [1.29, 1.82) is 0 Å². The first kappa shape index (κ1) is 25.0. The lowest BCUT2D eigenvalue weighted by Gasteiger charge is -2.33. The molecular formula is C26H38N8O2S. The highest BCUT2D eigenvalue weighted by molar-refractivity contribution is 7.16. The van der Waals surface area contributed by atoms with E-state index in [1.54, 1.807) is 11.3 Å². The molecule has 37 heavy (non-hydrogen) atoms. The van der Waals surface area contributed by atoms with Gasteiger partial charge in [0.2, 0.25) is 5.95 Å². The summed E-state index contributed by atoms with van der Waals surface area (Å²) in [5.41, 5.74) is 7.83. The molecule has 10 nitrogen and oxygen atoms in total. The highest BCUT2D eigenvalue weighted by Crippen LogP contribution is 2.38. The highest BCUT2D eigenvalue weighted by Gasteiger charge is 2.30. The number of anilines is 2. The molecule has 2 aliphatic heterocycles. The smallest absolute Gasteiger partial charge is 0.264 e. The van der Waals surface area contributed by atoms with Gasteiger partial charge in [-0.15, -0.1) is 11.3 Å². The minimum absolute atomic E-state index is 0.109. The number of nitrogens with one attached hydrogen (secondary N) is 4. The van der Waals surface area contributed by atoms with Gasteiger partial charge in [0.15, 0.2) is 0 Å². The van der Waals surface area contributed by atoms with Crippen LogP contribution >= 0.6 is 11.3 Å². The molecule has 0 amide bonds. The van der Waals surface area contributed by atoms with E-state index in [1.165, 1.54) is 12.8 Å². The van der Waals surface area contributed by atoms with Crippen molar-refractivity contribution in [3.8, 4) is 10.6 Å². The Bertz CT molecular complexity index is 1170. The lowest BCUT2D eigenvalue weighted by Crippen LogP contribution is -2.48. The summed E-state index contributed by atoms with van der Waals surface area (Å²) in [5.74, 6) is 1.21. The Kier molecular flexibility index (Phi) is 7.57. The zero-order valence-corrected chi connectivity index (χ0v) is 22.1. The predicted molar refractivity (Wildman–Crippen MR) is 148 cm³/mol. The third-order valence-corrected chi connectivity index (χ3v) is 9.01. The number of fused-ring (bicyclic) bond motifs is 1. The van der Waals surface area contributed by atoms with Crippen LogP contribution in [-0.4, -0.2) is 72.5 Å². The van der Waals surface area contributed by atoms with Gasteiger partial charge in [0.25, 0.3) is 5.56 Å². The van der Waals surface area contributed by atoms with Crippen molar-refractivity contribution in [2.45, 2.75) is 69.1 Å². The Labute approximate surface area is 221 Å². The van der Waals surface area contributed by atoms with Gasteiger partial charge in [0.05, 0.1) is 29.8 Å². The van der Waals surface area contributed by atoms with Gasteiger partial charge in [-0.2, -0.15) is 4.98 Å². The van der Waals surface area contributed by atoms with Crippen molar-refractivity contribution in [2.24, 2.45) is 5.73 Å². The number of H-pyrrole nitrogens is 1. The number of aromatic amines is 1. The summed E-state index contributed by atoms with van der Waals surface area (Å²) in [5, 5.41) is 11.6. The molecule has 1 saturated carbocycles. The maximum atomic E-state index is 13.6. The number of thiazole rings is 1. The predicted octanol–water partition coefficient (Wildman–Crippen LogP) is 2.21. The van der Waals surface area contributed by atoms with Gasteiger partial charge in [-0.3, -0.25) is 9.78 Å². The Balaban J connectivity index is 1.33. The first-order valence-corrected chi connectivity index (χ1v) is 14.6. The standard InChI is InChI=1S/C26H38N8O2S/c27-17-6-1-2-7-18(17)30-19-8-3-9-20-22(19)31-25(37-20)21-23(29-16-5-4-10-28-15-16)32-26(33-24(21)35)34-11-13-36-14-12-34/h3,9,16-19,28,30H,1-2,4-8,10-15,27H2,(H2,29,32,33,35). The minimum atomic E-state index is -0.156. The van der Waals surface area contributed by atoms with Crippen LogP contribution in [0.4, 0.5) is 11.8 Å². The molecule has 11 heteroatoms. The van der Waals surface area contributed by atoms with Gasteiger partial charge in [-0.1, -0.05) is 18.9 Å². The molecule has 4 unspecified atom stereocenters. The van der Waals surface area contributed by atoms with E-state index < -0.39 is 0 Å². The van der Waals surface area contributed by atoms with Crippen molar-refractivity contribution in [3.63, 3.8) is 0 Å². The van der Waals surface area contributed by atoms with Crippen LogP contribution < -0.4 is 32.1 Å². The fraction of sp³-hybridized carbons (Fsp3) is 0.654. The Morgan fingerprint density at radius 2 is 2.00 bits per heavy atom. The summed E-state index contributed by atoms with van der Waals surface area (Å²) < 4.78 is 5.50. The number of hydrogen-bond acceptors (Lipinski definition) is 10. The first-order chi connectivity index (χ1) is 18.2. The average molecular weight is 527 g/mol. The second-order valence-corrected chi connectivity index (χ2v) is 11.6. The molecule has 4 heterocycles. The van der Waals surface area contributed by atoms with Gasteiger partial charge in [-0.25, -0.2) is 4.98 Å². The maximum Gasteiger partial charge on any atom is 0.264 e. The van der Waals surface area contributed by atoms with Crippen LogP contribution in [0.2, 0.25) is 0 Å². The lowest BCUT2D eigenvalue weighted by atomic mass is 9.89. The van der Waals surface area contributed by atoms with Crippen molar-refractivity contribution < 1.29 is 4.74 Å². The molecule has 6 N–H and O–H groups in total. The number of morpholine rings is 1. The maximum absolute atomic E-state index is 13.6. The summed E-state index contributed by atoms with van der Waals surface area (Å²) in [4.78, 5) is 29.9. The summed E-state index contributed by atoms with van der Waals surface area (Å²) in [6.07, 6.45) is 11.9. The van der Waals surface area contributed by atoms with E-state index in [0.717, 1.165) is 55.8 Å². The van der Waals surface area contributed by atoms with Crippen LogP contribution in [0, 0.1) is 0 Å². The molecule has 2 aliphatic carbocycles. The normalized spacial score (nSPS) is 28.2. The molecule has 4 atom stereocenters. The van der Waals surface area contributed by atoms with Crippen LogP contribution in [0.15, 0.2) is 10.9 Å². The molecule has 2 aromatic rings. The summed E-state index contributed by atoms with van der Waals surface area (Å²) in [6.45, 7) is 4.55. The molecule has 2 aromatic heterocycles. The quantitative estimate of drug-likeness (QED) is 0.384. The second-order valence-electron chi connectivity index (χ2n) is 10.6. The molecule has 200 valence electrons. The van der Waals surface area contributed by atoms with Crippen molar-refractivity contribution >= 4 is 29.2 Å². The van der Waals surface area contributed by atoms with E-state index in [9.17, 15) is 4.79 Å². The molecule has 0 bridgehead atoms. The zero-order valence-electron chi connectivity index (χ0n) is 21.3. The first-order valence-electron chi connectivity index (χ1n) is 13.8. The van der Waals surface area contributed by atoms with Gasteiger partial charge in [0, 0.05) is 37.8 Å². The molecule has 6 rings (SSSR count). The van der Waals surface area contributed by atoms with Crippen LogP contribution in [-0.2, 0) is 4.74 Å². The SMILES string of the molecule is NC1CCCCC1NC1CC=Cc2sc(-c3c(NC4CCCNC4)nc(N4CCOCC4)[nH]c3=O)nc21. The number of nitrogens with zero attached hydrogens (tertiary/aromatic N) is 3. The summed E-state index contributed by atoms with van der Waals surface area (Å²) in [6, 6.07) is 0.812. The van der Waals surface area contributed by atoms with E-state index in [2.05, 4.69) is 38.0 Å². The molecular weight excluding hydrogens is 488 g/mol. The molecule has 0 spiro atoms. The molecule has 0 aromatic carbocycles. The third kappa shape index (κ3) is 5.46. The number of hydrogen-bond donors (Lipinski definition) is 5. The number of nitrogens with two attached hydrogens (primary N) is 1. The minimum Gasteiger partial charge on any atom is -0.378 e.